The quantitative estimate of drug-likeness (QED) is 0.718. The molecule has 0 unspecified atom stereocenters. The second kappa shape index (κ2) is 4.78. The molecule has 0 saturated carbocycles. The van der Waals surface area contributed by atoms with E-state index in [9.17, 15) is 9.59 Å². The van der Waals surface area contributed by atoms with Crippen LogP contribution in [0.2, 0.25) is 0 Å². The normalized spacial score (nSPS) is 14.7. The smallest absolute Gasteiger partial charge is 0.286 e. The lowest BCUT2D eigenvalue weighted by molar-refractivity contribution is 0.0995. The number of amides is 1. The van der Waals surface area contributed by atoms with Crippen LogP contribution in [0.15, 0.2) is 32.7 Å². The summed E-state index contributed by atoms with van der Waals surface area (Å²) in [6, 6.07) is 0. The molecule has 1 amide bonds. The lowest BCUT2D eigenvalue weighted by Gasteiger charge is -2.01. The first-order valence-corrected chi connectivity index (χ1v) is 7.45. The number of carbonyl (C=O) groups excluding carboxylic acids is 1. The van der Waals surface area contributed by atoms with Crippen LogP contribution >= 0.6 is 23.1 Å². The van der Waals surface area contributed by atoms with Gasteiger partial charge in [-0.25, -0.2) is 4.98 Å². The molecule has 19 heavy (non-hydrogen) atoms. The zero-order chi connectivity index (χ0) is 13.4. The maximum Gasteiger partial charge on any atom is 0.286 e. The van der Waals surface area contributed by atoms with Gasteiger partial charge in [0.2, 0.25) is 0 Å². The number of fused-ring (bicyclic) bond motifs is 1. The highest BCUT2D eigenvalue weighted by Gasteiger charge is 2.19. The van der Waals surface area contributed by atoms with Crippen LogP contribution in [-0.2, 0) is 13.6 Å². The molecule has 1 aliphatic rings. The zero-order valence-electron chi connectivity index (χ0n) is 10.1. The summed E-state index contributed by atoms with van der Waals surface area (Å²) in [6.07, 6.45) is 3.13. The van der Waals surface area contributed by atoms with E-state index >= 15 is 0 Å². The topological polar surface area (TPSA) is 69.2 Å². The molecule has 0 N–H and O–H groups in total. The van der Waals surface area contributed by atoms with E-state index in [1.54, 1.807) is 17.8 Å². The highest BCUT2D eigenvalue weighted by Crippen LogP contribution is 2.20. The standard InChI is InChI=1S/C11H10N4O2S2/c1-14-2-4-19-11(14)13-8(16)7-6-12-10-15(9(7)17)3-5-18-10/h2,4,6H,3,5H2,1H3. The molecule has 3 rings (SSSR count). The Hall–Kier alpha value is -1.67. The molecular formula is C11H10N4O2S2. The number of aryl methyl sites for hydroxylation is 1. The molecular weight excluding hydrogens is 284 g/mol. The molecule has 0 radical (unpaired) electrons. The van der Waals surface area contributed by atoms with E-state index in [1.807, 2.05) is 5.38 Å². The highest BCUT2D eigenvalue weighted by molar-refractivity contribution is 7.99. The molecule has 98 valence electrons. The summed E-state index contributed by atoms with van der Waals surface area (Å²) in [5.74, 6) is 0.277. The molecule has 0 aromatic carbocycles. The first kappa shape index (κ1) is 12.4. The number of aromatic nitrogens is 3. The number of hydrogen-bond donors (Lipinski definition) is 0. The molecule has 0 saturated heterocycles. The fraction of sp³-hybridized carbons (Fsp3) is 0.273. The summed E-state index contributed by atoms with van der Waals surface area (Å²) < 4.78 is 3.26. The van der Waals surface area contributed by atoms with Crippen LogP contribution in [0.3, 0.4) is 0 Å². The van der Waals surface area contributed by atoms with E-state index in [0.29, 0.717) is 16.5 Å². The van der Waals surface area contributed by atoms with Crippen LogP contribution < -0.4 is 10.4 Å². The fourth-order valence-corrected chi connectivity index (χ4v) is 3.39. The maximum atomic E-state index is 12.1. The molecule has 2 aromatic heterocycles. The van der Waals surface area contributed by atoms with Gasteiger partial charge in [-0.3, -0.25) is 14.2 Å². The monoisotopic (exact) mass is 294 g/mol. The van der Waals surface area contributed by atoms with Crippen molar-refractivity contribution in [2.24, 2.45) is 12.0 Å². The van der Waals surface area contributed by atoms with Crippen LogP contribution in [-0.4, -0.2) is 25.8 Å². The van der Waals surface area contributed by atoms with Crippen molar-refractivity contribution in [3.8, 4) is 0 Å². The van der Waals surface area contributed by atoms with Gasteiger partial charge >= 0.3 is 0 Å². The van der Waals surface area contributed by atoms with Crippen molar-refractivity contribution in [2.45, 2.75) is 11.7 Å². The predicted octanol–water partition coefficient (Wildman–Crippen LogP) is 0.490. The van der Waals surface area contributed by atoms with Crippen LogP contribution in [0.1, 0.15) is 10.4 Å². The third kappa shape index (κ3) is 2.17. The van der Waals surface area contributed by atoms with Crippen LogP contribution in [0.4, 0.5) is 0 Å². The Labute approximate surface area is 116 Å². The molecule has 0 bridgehead atoms. The Morgan fingerprint density at radius 3 is 3.11 bits per heavy atom. The lowest BCUT2D eigenvalue weighted by atomic mass is 10.3. The van der Waals surface area contributed by atoms with E-state index in [-0.39, 0.29) is 11.1 Å². The molecule has 8 heteroatoms. The predicted molar refractivity (Wildman–Crippen MR) is 72.4 cm³/mol. The van der Waals surface area contributed by atoms with Gasteiger partial charge in [0.05, 0.1) is 0 Å². The SMILES string of the molecule is Cn1ccsc1=NC(=O)c1cnc2n(c1=O)CCS2. The van der Waals surface area contributed by atoms with E-state index in [4.69, 9.17) is 0 Å². The van der Waals surface area contributed by atoms with E-state index in [0.717, 1.165) is 5.75 Å². The van der Waals surface area contributed by atoms with E-state index in [2.05, 4.69) is 9.98 Å². The van der Waals surface area contributed by atoms with Crippen LogP contribution in [0, 0.1) is 0 Å². The summed E-state index contributed by atoms with van der Waals surface area (Å²) in [7, 11) is 1.80. The lowest BCUT2D eigenvalue weighted by Crippen LogP contribution is -2.27. The molecule has 0 aliphatic carbocycles. The number of carbonyl (C=O) groups is 1. The Kier molecular flexibility index (Phi) is 3.11. The molecule has 1 aliphatic heterocycles. The van der Waals surface area contributed by atoms with Gasteiger partial charge in [0.15, 0.2) is 9.96 Å². The van der Waals surface area contributed by atoms with Gasteiger partial charge in [-0.1, -0.05) is 11.8 Å². The molecule has 3 heterocycles. The summed E-state index contributed by atoms with van der Waals surface area (Å²) in [4.78, 5) is 32.8. The Morgan fingerprint density at radius 1 is 1.53 bits per heavy atom. The van der Waals surface area contributed by atoms with Crippen molar-refractivity contribution in [2.75, 3.05) is 5.75 Å². The largest absolute Gasteiger partial charge is 0.327 e. The Balaban J connectivity index is 2.07. The van der Waals surface area contributed by atoms with Crippen LogP contribution in [0.25, 0.3) is 0 Å². The summed E-state index contributed by atoms with van der Waals surface area (Å²) in [5.41, 5.74) is -0.275. The van der Waals surface area contributed by atoms with E-state index < -0.39 is 5.91 Å². The number of thioether (sulfide) groups is 1. The first-order chi connectivity index (χ1) is 9.16. The van der Waals surface area contributed by atoms with Crippen molar-refractivity contribution >= 4 is 29.0 Å². The van der Waals surface area contributed by atoms with Gasteiger partial charge in [0.1, 0.15) is 5.56 Å². The van der Waals surface area contributed by atoms with Gasteiger partial charge in [-0.05, 0) is 0 Å². The zero-order valence-corrected chi connectivity index (χ0v) is 11.7. The second-order valence-electron chi connectivity index (χ2n) is 3.97. The number of hydrogen-bond acceptors (Lipinski definition) is 5. The molecule has 0 spiro atoms. The van der Waals surface area contributed by atoms with Crippen LogP contribution in [0.5, 0.6) is 0 Å². The van der Waals surface area contributed by atoms with Crippen molar-refractivity contribution < 1.29 is 4.79 Å². The summed E-state index contributed by atoms with van der Waals surface area (Å²) in [5, 5.41) is 2.50. The minimum atomic E-state index is -0.539. The average Bonchev–Trinajstić information content (AvgIpc) is 3.00. The molecule has 0 fully saturated rings. The first-order valence-electron chi connectivity index (χ1n) is 5.58. The fourth-order valence-electron chi connectivity index (χ4n) is 1.75. The Bertz CT molecular complexity index is 771. The molecule has 0 atom stereocenters. The van der Waals surface area contributed by atoms with Crippen molar-refractivity contribution in [1.82, 2.24) is 14.1 Å². The maximum absolute atomic E-state index is 12.1. The molecule has 2 aromatic rings. The van der Waals surface area contributed by atoms with Gasteiger partial charge in [-0.2, -0.15) is 4.99 Å². The van der Waals surface area contributed by atoms with Gasteiger partial charge in [0.25, 0.3) is 11.5 Å². The highest BCUT2D eigenvalue weighted by atomic mass is 32.2. The van der Waals surface area contributed by atoms with E-state index in [1.165, 1.54) is 33.9 Å². The van der Waals surface area contributed by atoms with Gasteiger partial charge in [-0.15, -0.1) is 11.3 Å². The minimum absolute atomic E-state index is 0.0275. The molecule has 6 nitrogen and oxygen atoms in total. The number of thiazole rings is 1. The van der Waals surface area contributed by atoms with Gasteiger partial charge < -0.3 is 4.57 Å². The minimum Gasteiger partial charge on any atom is -0.327 e. The summed E-state index contributed by atoms with van der Waals surface area (Å²) in [6.45, 7) is 0.597. The van der Waals surface area contributed by atoms with Crippen molar-refractivity contribution in [3.63, 3.8) is 0 Å². The average molecular weight is 294 g/mol. The van der Waals surface area contributed by atoms with Crippen molar-refractivity contribution in [1.29, 1.82) is 0 Å². The third-order valence-corrected chi connectivity index (χ3v) is 4.56. The summed E-state index contributed by atoms with van der Waals surface area (Å²) >= 11 is 2.86. The third-order valence-electron chi connectivity index (χ3n) is 2.74. The van der Waals surface area contributed by atoms with Gasteiger partial charge in [0, 0.05) is 37.1 Å². The Morgan fingerprint density at radius 2 is 2.37 bits per heavy atom. The second-order valence-corrected chi connectivity index (χ2v) is 5.91. The number of rotatable bonds is 1. The number of nitrogens with zero attached hydrogens (tertiary/aromatic N) is 4. The van der Waals surface area contributed by atoms with Crippen molar-refractivity contribution in [3.05, 3.63) is 38.5 Å².